The number of fused-ring (bicyclic) bond motifs is 2. The normalized spacial score (nSPS) is 44.2. The Balaban J connectivity index is 1.52. The van der Waals surface area contributed by atoms with E-state index >= 15 is 0 Å². The van der Waals surface area contributed by atoms with Gasteiger partial charge in [-0.05, 0) is 25.3 Å². The van der Waals surface area contributed by atoms with Gasteiger partial charge in [0.2, 0.25) is 0 Å². The molecule has 5 nitrogen and oxygen atoms in total. The van der Waals surface area contributed by atoms with Gasteiger partial charge in [0.25, 0.3) is 0 Å². The van der Waals surface area contributed by atoms with E-state index in [4.69, 9.17) is 4.74 Å². The summed E-state index contributed by atoms with van der Waals surface area (Å²) >= 11 is 0. The first-order valence-electron chi connectivity index (χ1n) is 10.5. The second-order valence-corrected chi connectivity index (χ2v) is 9.03. The number of hydrogen-bond donors (Lipinski definition) is 1. The van der Waals surface area contributed by atoms with Crippen LogP contribution >= 0.6 is 0 Å². The Bertz CT molecular complexity index is 584. The number of ether oxygens (including phenoxy) is 1. The molecule has 26 heavy (non-hydrogen) atoms. The molecule has 0 radical (unpaired) electrons. The van der Waals surface area contributed by atoms with Crippen LogP contribution in [0.4, 0.5) is 0 Å². The molecule has 1 N–H and O–H groups in total. The monoisotopic (exact) mass is 362 g/mol. The van der Waals surface area contributed by atoms with E-state index in [0.717, 1.165) is 58.5 Å². The van der Waals surface area contributed by atoms with E-state index in [-0.39, 0.29) is 29.3 Å². The molecule has 0 bridgehead atoms. The number of nitrogens with zero attached hydrogens (tertiary/aromatic N) is 2. The van der Waals surface area contributed by atoms with Crippen molar-refractivity contribution in [2.75, 3.05) is 39.3 Å². The average Bonchev–Trinajstić information content (AvgIpc) is 2.94. The van der Waals surface area contributed by atoms with Crippen LogP contribution in [0.3, 0.4) is 0 Å². The molecule has 4 rings (SSSR count). The van der Waals surface area contributed by atoms with Gasteiger partial charge in [0.1, 0.15) is 6.10 Å². The summed E-state index contributed by atoms with van der Waals surface area (Å²) in [6.45, 7) is 12.6. The van der Waals surface area contributed by atoms with Crippen molar-refractivity contribution < 1.29 is 14.6 Å². The Morgan fingerprint density at radius 3 is 2.65 bits per heavy atom. The number of esters is 1. The lowest BCUT2D eigenvalue weighted by Gasteiger charge is -2.52. The number of likely N-dealkylation sites (N-methyl/N-ethyl adjacent to an activating group) is 1. The minimum Gasteiger partial charge on any atom is -0.461 e. The Morgan fingerprint density at radius 1 is 1.27 bits per heavy atom. The first kappa shape index (κ1) is 18.5. The maximum absolute atomic E-state index is 12.7. The molecule has 0 spiro atoms. The second kappa shape index (κ2) is 6.92. The second-order valence-electron chi connectivity index (χ2n) is 9.03. The minimum atomic E-state index is -0.490. The molecule has 0 aromatic carbocycles. The first-order chi connectivity index (χ1) is 12.4. The van der Waals surface area contributed by atoms with Crippen LogP contribution in [-0.2, 0) is 9.53 Å². The molecule has 3 fully saturated rings. The lowest BCUT2D eigenvalue weighted by molar-refractivity contribution is -0.145. The van der Waals surface area contributed by atoms with E-state index in [1.54, 1.807) is 0 Å². The summed E-state index contributed by atoms with van der Waals surface area (Å²) in [6, 6.07) is 0. The third-order valence-electron chi connectivity index (χ3n) is 7.94. The zero-order chi connectivity index (χ0) is 18.5. The lowest BCUT2D eigenvalue weighted by atomic mass is 9.55. The average molecular weight is 363 g/mol. The van der Waals surface area contributed by atoms with Gasteiger partial charge in [-0.3, -0.25) is 9.69 Å². The largest absolute Gasteiger partial charge is 0.461 e. The molecule has 1 unspecified atom stereocenters. The Kier molecular flexibility index (Phi) is 4.91. The van der Waals surface area contributed by atoms with Crippen molar-refractivity contribution in [1.82, 2.24) is 9.80 Å². The molecule has 0 aromatic heterocycles. The van der Waals surface area contributed by atoms with Gasteiger partial charge in [-0.15, -0.1) is 0 Å². The molecule has 4 aliphatic rings. The highest BCUT2D eigenvalue weighted by molar-refractivity contribution is 5.76. The number of piperazine rings is 1. The Morgan fingerprint density at radius 2 is 1.96 bits per heavy atom. The zero-order valence-corrected chi connectivity index (χ0v) is 16.5. The zero-order valence-electron chi connectivity index (χ0n) is 16.5. The number of hydrogen-bond acceptors (Lipinski definition) is 5. The summed E-state index contributed by atoms with van der Waals surface area (Å²) in [5, 5.41) is 11.4. The van der Waals surface area contributed by atoms with Crippen molar-refractivity contribution in [2.24, 2.45) is 23.2 Å². The SMILES string of the molecule is CCN1CCN(CC2C(=O)O[C@@H]3CC4=CCC[C@H](C)[C@@]4(C)[C@@H](O)[C@H]23)CC1. The summed E-state index contributed by atoms with van der Waals surface area (Å²) in [6.07, 6.45) is 4.68. The molecule has 2 saturated heterocycles. The molecule has 0 amide bonds. The maximum atomic E-state index is 12.7. The van der Waals surface area contributed by atoms with Crippen LogP contribution in [0.15, 0.2) is 11.6 Å². The highest BCUT2D eigenvalue weighted by Gasteiger charge is 2.59. The number of carbonyl (C=O) groups excluding carboxylic acids is 1. The number of aliphatic hydroxyl groups is 1. The first-order valence-corrected chi connectivity index (χ1v) is 10.5. The summed E-state index contributed by atoms with van der Waals surface area (Å²) in [7, 11) is 0. The fraction of sp³-hybridized carbons (Fsp3) is 0.857. The van der Waals surface area contributed by atoms with Gasteiger partial charge >= 0.3 is 5.97 Å². The van der Waals surface area contributed by atoms with Crippen molar-refractivity contribution >= 4 is 5.97 Å². The van der Waals surface area contributed by atoms with E-state index in [1.165, 1.54) is 5.57 Å². The number of rotatable bonds is 3. The summed E-state index contributed by atoms with van der Waals surface area (Å²) < 4.78 is 5.78. The van der Waals surface area contributed by atoms with Crippen LogP contribution in [0.1, 0.15) is 40.0 Å². The van der Waals surface area contributed by atoms with E-state index in [9.17, 15) is 9.90 Å². The van der Waals surface area contributed by atoms with E-state index < -0.39 is 6.10 Å². The molecular weight excluding hydrogens is 328 g/mol. The van der Waals surface area contributed by atoms with Gasteiger partial charge in [0, 0.05) is 50.5 Å². The van der Waals surface area contributed by atoms with Gasteiger partial charge in [0.15, 0.2) is 0 Å². The smallest absolute Gasteiger partial charge is 0.311 e. The highest BCUT2D eigenvalue weighted by atomic mass is 16.6. The molecule has 5 heteroatoms. The standard InChI is InChI=1S/C21H34N2O3/c1-4-22-8-10-23(11-9-22)13-16-18-17(26-20(16)25)12-15-7-5-6-14(2)21(15,3)19(18)24/h7,14,16-19,24H,4-6,8-13H2,1-3H3/t14-,16?,17+,18+,19-,21+/m0/s1. The molecule has 0 aromatic rings. The van der Waals surface area contributed by atoms with Crippen molar-refractivity contribution in [3.05, 3.63) is 11.6 Å². The van der Waals surface area contributed by atoms with Gasteiger partial charge in [-0.2, -0.15) is 0 Å². The Hall–Kier alpha value is -0.910. The summed E-state index contributed by atoms with van der Waals surface area (Å²) in [4.78, 5) is 17.5. The molecule has 2 heterocycles. The fourth-order valence-electron chi connectivity index (χ4n) is 5.84. The molecule has 2 aliphatic heterocycles. The van der Waals surface area contributed by atoms with Crippen molar-refractivity contribution in [2.45, 2.75) is 52.2 Å². The molecule has 6 atom stereocenters. The molecule has 1 saturated carbocycles. The minimum absolute atomic E-state index is 0.0607. The van der Waals surface area contributed by atoms with Crippen LogP contribution in [0.5, 0.6) is 0 Å². The van der Waals surface area contributed by atoms with Crippen molar-refractivity contribution in [3.63, 3.8) is 0 Å². The quantitative estimate of drug-likeness (QED) is 0.614. The Labute approximate surface area is 157 Å². The van der Waals surface area contributed by atoms with Crippen LogP contribution < -0.4 is 0 Å². The van der Waals surface area contributed by atoms with Crippen LogP contribution in [0.2, 0.25) is 0 Å². The number of aliphatic hydroxyl groups excluding tert-OH is 1. The van der Waals surface area contributed by atoms with Crippen LogP contribution in [0, 0.1) is 23.2 Å². The lowest BCUT2D eigenvalue weighted by Crippen LogP contribution is -2.55. The third-order valence-corrected chi connectivity index (χ3v) is 7.94. The van der Waals surface area contributed by atoms with Crippen LogP contribution in [-0.4, -0.2) is 72.4 Å². The van der Waals surface area contributed by atoms with Gasteiger partial charge in [-0.1, -0.05) is 32.4 Å². The van der Waals surface area contributed by atoms with E-state index in [1.807, 2.05) is 0 Å². The van der Waals surface area contributed by atoms with Crippen molar-refractivity contribution in [1.29, 1.82) is 0 Å². The molecule has 2 aliphatic carbocycles. The predicted octanol–water partition coefficient (Wildman–Crippen LogP) is 1.91. The van der Waals surface area contributed by atoms with Gasteiger partial charge in [-0.25, -0.2) is 0 Å². The highest BCUT2D eigenvalue weighted by Crippen LogP contribution is 2.56. The third kappa shape index (κ3) is 2.83. The topological polar surface area (TPSA) is 53.0 Å². The predicted molar refractivity (Wildman–Crippen MR) is 101 cm³/mol. The molecule has 146 valence electrons. The van der Waals surface area contributed by atoms with E-state index in [0.29, 0.717) is 5.92 Å². The number of carbonyl (C=O) groups is 1. The van der Waals surface area contributed by atoms with Crippen molar-refractivity contribution in [3.8, 4) is 0 Å². The summed E-state index contributed by atoms with van der Waals surface area (Å²) in [5.41, 5.74) is 1.11. The number of allylic oxidation sites excluding steroid dienone is 1. The summed E-state index contributed by atoms with van der Waals surface area (Å²) in [5.74, 6) is 0.112. The van der Waals surface area contributed by atoms with Gasteiger partial charge in [0.05, 0.1) is 12.0 Å². The van der Waals surface area contributed by atoms with E-state index in [2.05, 4.69) is 36.6 Å². The molecular formula is C21H34N2O3. The van der Waals surface area contributed by atoms with Crippen LogP contribution in [0.25, 0.3) is 0 Å². The van der Waals surface area contributed by atoms with Gasteiger partial charge < -0.3 is 14.7 Å². The maximum Gasteiger partial charge on any atom is 0.311 e. The fourth-order valence-corrected chi connectivity index (χ4v) is 5.84.